The highest BCUT2D eigenvalue weighted by atomic mass is 79.9. The summed E-state index contributed by atoms with van der Waals surface area (Å²) >= 11 is 9.56. The van der Waals surface area contributed by atoms with Gasteiger partial charge in [0.05, 0.1) is 10.7 Å². The van der Waals surface area contributed by atoms with Crippen LogP contribution < -0.4 is 5.32 Å². The van der Waals surface area contributed by atoms with E-state index < -0.39 is 15.9 Å². The highest BCUT2D eigenvalue weighted by molar-refractivity contribution is 9.10. The Morgan fingerprint density at radius 2 is 1.70 bits per heavy atom. The predicted molar refractivity (Wildman–Crippen MR) is 111 cm³/mol. The summed E-state index contributed by atoms with van der Waals surface area (Å²) in [5.74, 6) is -0.397. The van der Waals surface area contributed by atoms with Crippen molar-refractivity contribution in [2.75, 3.05) is 18.4 Å². The Bertz CT molecular complexity index is 942. The molecule has 1 heterocycles. The molecule has 1 aliphatic rings. The number of hydrogen-bond donors (Lipinski definition) is 1. The van der Waals surface area contributed by atoms with Crippen LogP contribution in [0.2, 0.25) is 5.02 Å². The number of sulfonamides is 1. The topological polar surface area (TPSA) is 66.5 Å². The Hall–Kier alpha value is -1.41. The molecule has 1 aliphatic heterocycles. The average molecular weight is 472 g/mol. The second kappa shape index (κ2) is 8.73. The van der Waals surface area contributed by atoms with Gasteiger partial charge in [0, 0.05) is 23.1 Å². The van der Waals surface area contributed by atoms with Crippen LogP contribution in [0, 0.1) is 0 Å². The largest absolute Gasteiger partial charge is 0.321 e. The zero-order valence-electron chi connectivity index (χ0n) is 14.6. The van der Waals surface area contributed by atoms with E-state index in [9.17, 15) is 13.2 Å². The van der Waals surface area contributed by atoms with Crippen LogP contribution in [0.1, 0.15) is 36.0 Å². The minimum Gasteiger partial charge on any atom is -0.321 e. The number of nitrogens with zero attached hydrogens (tertiary/aromatic N) is 1. The first-order valence-electron chi connectivity index (χ1n) is 8.75. The SMILES string of the molecule is O=C(Nc1ccccc1Br)c1ccc(Cl)c(S(=O)(=O)N2CCCCCC2)c1. The van der Waals surface area contributed by atoms with E-state index in [1.165, 1.54) is 22.5 Å². The molecule has 27 heavy (non-hydrogen) atoms. The van der Waals surface area contributed by atoms with Gasteiger partial charge in [-0.2, -0.15) is 4.31 Å². The van der Waals surface area contributed by atoms with Gasteiger partial charge in [-0.05, 0) is 59.1 Å². The van der Waals surface area contributed by atoms with Crippen LogP contribution in [-0.4, -0.2) is 31.7 Å². The molecule has 144 valence electrons. The van der Waals surface area contributed by atoms with Gasteiger partial charge in [-0.15, -0.1) is 0 Å². The van der Waals surface area contributed by atoms with Gasteiger partial charge in [-0.1, -0.05) is 36.6 Å². The van der Waals surface area contributed by atoms with E-state index in [2.05, 4.69) is 21.2 Å². The molecule has 0 saturated carbocycles. The zero-order valence-corrected chi connectivity index (χ0v) is 17.8. The third-order valence-corrected chi connectivity index (χ3v) is 7.57. The van der Waals surface area contributed by atoms with Gasteiger partial charge >= 0.3 is 0 Å². The van der Waals surface area contributed by atoms with Crippen molar-refractivity contribution in [2.24, 2.45) is 0 Å². The molecule has 0 aliphatic carbocycles. The maximum atomic E-state index is 13.1. The number of carbonyl (C=O) groups excluding carboxylic acids is 1. The minimum atomic E-state index is -3.74. The summed E-state index contributed by atoms with van der Waals surface area (Å²) in [5, 5.41) is 2.90. The van der Waals surface area contributed by atoms with Gasteiger partial charge in [0.2, 0.25) is 10.0 Å². The summed E-state index contributed by atoms with van der Waals surface area (Å²) in [5.41, 5.74) is 0.845. The normalized spacial score (nSPS) is 15.9. The predicted octanol–water partition coefficient (Wildman–Crippen LogP) is 4.92. The van der Waals surface area contributed by atoms with Gasteiger partial charge in [0.1, 0.15) is 4.90 Å². The van der Waals surface area contributed by atoms with Gasteiger partial charge in [-0.25, -0.2) is 8.42 Å². The molecule has 0 atom stereocenters. The Morgan fingerprint density at radius 1 is 1.04 bits per heavy atom. The summed E-state index contributed by atoms with van der Waals surface area (Å²) in [4.78, 5) is 12.6. The molecule has 8 heteroatoms. The van der Waals surface area contributed by atoms with E-state index in [0.717, 1.165) is 30.2 Å². The molecular formula is C19H20BrClN2O3S. The maximum absolute atomic E-state index is 13.1. The van der Waals surface area contributed by atoms with Crippen molar-refractivity contribution >= 4 is 49.1 Å². The van der Waals surface area contributed by atoms with Crippen LogP contribution in [0.25, 0.3) is 0 Å². The minimum absolute atomic E-state index is 0.0224. The van der Waals surface area contributed by atoms with Crippen LogP contribution in [-0.2, 0) is 10.0 Å². The standard InChI is InChI=1S/C19H20BrClN2O3S/c20-15-7-3-4-8-17(15)22-19(24)14-9-10-16(21)18(13-14)27(25,26)23-11-5-1-2-6-12-23/h3-4,7-10,13H,1-2,5-6,11-12H2,(H,22,24). The number of carbonyl (C=O) groups is 1. The van der Waals surface area contributed by atoms with E-state index in [0.29, 0.717) is 18.8 Å². The van der Waals surface area contributed by atoms with Crippen LogP contribution in [0.3, 0.4) is 0 Å². The summed E-state index contributed by atoms with van der Waals surface area (Å²) in [6.07, 6.45) is 3.71. The Kier molecular flexibility index (Phi) is 6.57. The molecule has 1 amide bonds. The third-order valence-electron chi connectivity index (χ3n) is 4.50. The summed E-state index contributed by atoms with van der Waals surface area (Å²) in [7, 11) is -3.74. The molecule has 5 nitrogen and oxygen atoms in total. The van der Waals surface area contributed by atoms with Gasteiger partial charge in [0.15, 0.2) is 0 Å². The van der Waals surface area contributed by atoms with E-state index in [1.54, 1.807) is 12.1 Å². The molecule has 1 N–H and O–H groups in total. The summed E-state index contributed by atoms with van der Waals surface area (Å²) in [6, 6.07) is 11.6. The van der Waals surface area contributed by atoms with Crippen molar-refractivity contribution < 1.29 is 13.2 Å². The Morgan fingerprint density at radius 3 is 2.37 bits per heavy atom. The lowest BCUT2D eigenvalue weighted by Gasteiger charge is -2.21. The van der Waals surface area contributed by atoms with Crippen LogP contribution in [0.15, 0.2) is 51.8 Å². The summed E-state index contributed by atoms with van der Waals surface area (Å²) in [6.45, 7) is 0.956. The lowest BCUT2D eigenvalue weighted by Crippen LogP contribution is -2.32. The van der Waals surface area contributed by atoms with Crippen molar-refractivity contribution in [2.45, 2.75) is 30.6 Å². The van der Waals surface area contributed by atoms with E-state index >= 15 is 0 Å². The molecular weight excluding hydrogens is 452 g/mol. The first-order valence-corrected chi connectivity index (χ1v) is 11.4. The fourth-order valence-corrected chi connectivity index (χ4v) is 5.42. The van der Waals surface area contributed by atoms with Crippen LogP contribution >= 0.6 is 27.5 Å². The molecule has 0 radical (unpaired) electrons. The van der Waals surface area contributed by atoms with Crippen molar-refractivity contribution in [3.05, 3.63) is 57.5 Å². The van der Waals surface area contributed by atoms with E-state index in [-0.39, 0.29) is 15.5 Å². The lowest BCUT2D eigenvalue weighted by atomic mass is 10.2. The fraction of sp³-hybridized carbons (Fsp3) is 0.316. The number of anilines is 1. The molecule has 3 rings (SSSR count). The molecule has 2 aromatic carbocycles. The first-order chi connectivity index (χ1) is 12.9. The number of para-hydroxylation sites is 1. The number of nitrogens with one attached hydrogen (secondary N) is 1. The van der Waals surface area contributed by atoms with Crippen LogP contribution in [0.4, 0.5) is 5.69 Å². The molecule has 0 bridgehead atoms. The maximum Gasteiger partial charge on any atom is 0.255 e. The molecule has 0 aromatic heterocycles. The number of amides is 1. The second-order valence-corrected chi connectivity index (χ2v) is 9.57. The average Bonchev–Trinajstić information content (AvgIpc) is 2.94. The molecule has 2 aromatic rings. The van der Waals surface area contributed by atoms with Crippen LogP contribution in [0.5, 0.6) is 0 Å². The molecule has 0 unspecified atom stereocenters. The number of hydrogen-bond acceptors (Lipinski definition) is 3. The fourth-order valence-electron chi connectivity index (χ4n) is 3.02. The molecule has 1 fully saturated rings. The summed E-state index contributed by atoms with van der Waals surface area (Å²) < 4.78 is 28.3. The van der Waals surface area contributed by atoms with Gasteiger partial charge < -0.3 is 5.32 Å². The van der Waals surface area contributed by atoms with Gasteiger partial charge in [0.25, 0.3) is 5.91 Å². The number of halogens is 2. The Balaban J connectivity index is 1.89. The highest BCUT2D eigenvalue weighted by Gasteiger charge is 2.28. The monoisotopic (exact) mass is 470 g/mol. The van der Waals surface area contributed by atoms with Crippen molar-refractivity contribution in [3.63, 3.8) is 0 Å². The van der Waals surface area contributed by atoms with E-state index in [4.69, 9.17) is 11.6 Å². The quantitative estimate of drug-likeness (QED) is 0.688. The zero-order chi connectivity index (χ0) is 19.4. The first kappa shape index (κ1) is 20.3. The van der Waals surface area contributed by atoms with Crippen molar-refractivity contribution in [1.82, 2.24) is 4.31 Å². The second-order valence-electron chi connectivity index (χ2n) is 6.40. The molecule has 1 saturated heterocycles. The van der Waals surface area contributed by atoms with Gasteiger partial charge in [-0.3, -0.25) is 4.79 Å². The Labute approximate surface area is 172 Å². The molecule has 0 spiro atoms. The van der Waals surface area contributed by atoms with Crippen molar-refractivity contribution in [1.29, 1.82) is 0 Å². The smallest absolute Gasteiger partial charge is 0.255 e. The lowest BCUT2D eigenvalue weighted by molar-refractivity contribution is 0.102. The number of benzene rings is 2. The van der Waals surface area contributed by atoms with E-state index in [1.807, 2.05) is 12.1 Å². The highest BCUT2D eigenvalue weighted by Crippen LogP contribution is 2.28. The van der Waals surface area contributed by atoms with Crippen molar-refractivity contribution in [3.8, 4) is 0 Å². The third kappa shape index (κ3) is 4.71. The number of rotatable bonds is 4.